The molecule has 0 aliphatic carbocycles. The first-order valence-electron chi connectivity index (χ1n) is 7.00. The van der Waals surface area contributed by atoms with Gasteiger partial charge in [0, 0.05) is 0 Å². The zero-order chi connectivity index (χ0) is 17.0. The Balaban J connectivity index is 2.04. The zero-order valence-electron chi connectivity index (χ0n) is 12.7. The van der Waals surface area contributed by atoms with Crippen molar-refractivity contribution in [3.05, 3.63) is 29.8 Å². The molecule has 2 unspecified atom stereocenters. The predicted molar refractivity (Wildman–Crippen MR) is 80.6 cm³/mol. The molecule has 2 rings (SSSR count). The molecule has 1 aliphatic heterocycles. The molecule has 0 fully saturated rings. The van der Waals surface area contributed by atoms with Crippen LogP contribution in [0.1, 0.15) is 23.7 Å². The Morgan fingerprint density at radius 2 is 2.00 bits per heavy atom. The van der Waals surface area contributed by atoms with E-state index in [0.29, 0.717) is 11.3 Å². The van der Waals surface area contributed by atoms with Crippen LogP contribution in [0.15, 0.2) is 24.3 Å². The van der Waals surface area contributed by atoms with Crippen LogP contribution in [0.5, 0.6) is 0 Å². The van der Waals surface area contributed by atoms with Crippen molar-refractivity contribution >= 4 is 29.4 Å². The van der Waals surface area contributed by atoms with Crippen molar-refractivity contribution in [3.63, 3.8) is 0 Å². The number of carbonyl (C=O) groups excluding carboxylic acids is 4. The van der Waals surface area contributed by atoms with E-state index < -0.39 is 35.8 Å². The van der Waals surface area contributed by atoms with Crippen LogP contribution in [-0.4, -0.2) is 42.9 Å². The summed E-state index contributed by atoms with van der Waals surface area (Å²) in [6, 6.07) is 4.68. The van der Waals surface area contributed by atoms with Gasteiger partial charge in [-0.25, -0.2) is 4.79 Å². The lowest BCUT2D eigenvalue weighted by atomic mass is 10.1. The fourth-order valence-electron chi connectivity index (χ4n) is 2.18. The number of hydrogen-bond acceptors (Lipinski definition) is 5. The van der Waals surface area contributed by atoms with Crippen LogP contribution in [-0.2, 0) is 19.1 Å². The SMILES string of the molecule is COC(=O)C(C)NC(=O)CC1NC(=O)c2ccccc2NC1=O. The fraction of sp³-hybridized carbons (Fsp3) is 0.333. The van der Waals surface area contributed by atoms with Gasteiger partial charge < -0.3 is 20.7 Å². The number of carbonyl (C=O) groups is 4. The number of benzene rings is 1. The van der Waals surface area contributed by atoms with Crippen LogP contribution in [0.2, 0.25) is 0 Å². The van der Waals surface area contributed by atoms with Crippen molar-refractivity contribution in [3.8, 4) is 0 Å². The molecule has 0 saturated heterocycles. The number of para-hydroxylation sites is 1. The molecule has 0 radical (unpaired) electrons. The first kappa shape index (κ1) is 16.5. The van der Waals surface area contributed by atoms with Gasteiger partial charge in [-0.3, -0.25) is 14.4 Å². The van der Waals surface area contributed by atoms with Gasteiger partial charge in [-0.2, -0.15) is 0 Å². The molecular formula is C15H17N3O5. The minimum absolute atomic E-state index is 0.285. The number of nitrogens with one attached hydrogen (secondary N) is 3. The number of rotatable bonds is 4. The van der Waals surface area contributed by atoms with E-state index in [-0.39, 0.29) is 6.42 Å². The molecule has 8 heteroatoms. The van der Waals surface area contributed by atoms with Gasteiger partial charge in [0.15, 0.2) is 0 Å². The van der Waals surface area contributed by atoms with Crippen LogP contribution < -0.4 is 16.0 Å². The molecule has 3 amide bonds. The van der Waals surface area contributed by atoms with Crippen LogP contribution in [0, 0.1) is 0 Å². The standard InChI is InChI=1S/C15H17N3O5/c1-8(15(22)23-2)16-12(19)7-11-14(21)17-10-6-4-3-5-9(10)13(20)18-11/h3-6,8,11H,7H2,1-2H3,(H,16,19)(H,17,21)(H,18,20). The van der Waals surface area contributed by atoms with Crippen molar-refractivity contribution in [1.29, 1.82) is 0 Å². The summed E-state index contributed by atoms with van der Waals surface area (Å²) in [6.45, 7) is 1.46. The number of amides is 3. The lowest BCUT2D eigenvalue weighted by Gasteiger charge is -2.16. The van der Waals surface area contributed by atoms with Crippen LogP contribution in [0.3, 0.4) is 0 Å². The second-order valence-corrected chi connectivity index (χ2v) is 5.08. The molecule has 0 saturated carbocycles. The van der Waals surface area contributed by atoms with Gasteiger partial charge in [-0.15, -0.1) is 0 Å². The van der Waals surface area contributed by atoms with E-state index in [1.54, 1.807) is 24.3 Å². The molecule has 2 atom stereocenters. The molecule has 23 heavy (non-hydrogen) atoms. The summed E-state index contributed by atoms with van der Waals surface area (Å²) in [7, 11) is 1.21. The third kappa shape index (κ3) is 3.85. The van der Waals surface area contributed by atoms with Gasteiger partial charge in [-0.05, 0) is 19.1 Å². The molecule has 0 bridgehead atoms. The number of fused-ring (bicyclic) bond motifs is 1. The monoisotopic (exact) mass is 319 g/mol. The first-order valence-corrected chi connectivity index (χ1v) is 7.00. The largest absolute Gasteiger partial charge is 0.467 e. The summed E-state index contributed by atoms with van der Waals surface area (Å²) in [5.41, 5.74) is 0.715. The summed E-state index contributed by atoms with van der Waals surface area (Å²) in [4.78, 5) is 47.4. The van der Waals surface area contributed by atoms with E-state index >= 15 is 0 Å². The van der Waals surface area contributed by atoms with Crippen molar-refractivity contribution in [2.75, 3.05) is 12.4 Å². The maximum Gasteiger partial charge on any atom is 0.328 e. The molecule has 8 nitrogen and oxygen atoms in total. The Morgan fingerprint density at radius 1 is 1.30 bits per heavy atom. The highest BCUT2D eigenvalue weighted by molar-refractivity contribution is 6.10. The summed E-state index contributed by atoms with van der Waals surface area (Å²) in [5.74, 6) is -2.09. The van der Waals surface area contributed by atoms with Crippen LogP contribution in [0.25, 0.3) is 0 Å². The van der Waals surface area contributed by atoms with Crippen molar-refractivity contribution in [1.82, 2.24) is 10.6 Å². The van der Waals surface area contributed by atoms with Gasteiger partial charge in [0.2, 0.25) is 11.8 Å². The molecule has 3 N–H and O–H groups in total. The molecule has 0 aromatic heterocycles. The highest BCUT2D eigenvalue weighted by atomic mass is 16.5. The second-order valence-electron chi connectivity index (χ2n) is 5.08. The summed E-state index contributed by atoms with van der Waals surface area (Å²) < 4.78 is 4.50. The number of hydrogen-bond donors (Lipinski definition) is 3. The third-order valence-electron chi connectivity index (χ3n) is 3.37. The lowest BCUT2D eigenvalue weighted by molar-refractivity contribution is -0.144. The molecular weight excluding hydrogens is 302 g/mol. The van der Waals surface area contributed by atoms with Gasteiger partial charge in [0.1, 0.15) is 12.1 Å². The first-order chi connectivity index (χ1) is 10.9. The molecule has 1 aromatic rings. The summed E-state index contributed by atoms with van der Waals surface area (Å²) in [5, 5.41) is 7.52. The quantitative estimate of drug-likeness (QED) is 0.665. The molecule has 122 valence electrons. The Bertz CT molecular complexity index is 658. The topological polar surface area (TPSA) is 114 Å². The Morgan fingerprint density at radius 3 is 2.70 bits per heavy atom. The van der Waals surface area contributed by atoms with Gasteiger partial charge in [-0.1, -0.05) is 12.1 Å². The van der Waals surface area contributed by atoms with Crippen LogP contribution in [0.4, 0.5) is 5.69 Å². The average Bonchev–Trinajstić information content (AvgIpc) is 2.64. The summed E-state index contributed by atoms with van der Waals surface area (Å²) >= 11 is 0. The number of methoxy groups -OCH3 is 1. The smallest absolute Gasteiger partial charge is 0.328 e. The number of ether oxygens (including phenoxy) is 1. The van der Waals surface area contributed by atoms with Crippen LogP contribution >= 0.6 is 0 Å². The third-order valence-corrected chi connectivity index (χ3v) is 3.37. The molecule has 1 aromatic carbocycles. The Hall–Kier alpha value is -2.90. The van der Waals surface area contributed by atoms with Gasteiger partial charge in [0.25, 0.3) is 5.91 Å². The highest BCUT2D eigenvalue weighted by Gasteiger charge is 2.30. The lowest BCUT2D eigenvalue weighted by Crippen LogP contribution is -2.47. The Kier molecular flexibility index (Phi) is 4.95. The normalized spacial score (nSPS) is 17.9. The summed E-state index contributed by atoms with van der Waals surface area (Å²) in [6.07, 6.45) is -0.285. The van der Waals surface area contributed by atoms with Crippen molar-refractivity contribution < 1.29 is 23.9 Å². The maximum absolute atomic E-state index is 12.1. The molecule has 1 heterocycles. The second kappa shape index (κ2) is 6.91. The van der Waals surface area contributed by atoms with E-state index in [1.165, 1.54) is 14.0 Å². The zero-order valence-corrected chi connectivity index (χ0v) is 12.7. The predicted octanol–water partition coefficient (Wildman–Crippen LogP) is -0.195. The molecule has 1 aliphatic rings. The van der Waals surface area contributed by atoms with Crippen molar-refractivity contribution in [2.45, 2.75) is 25.4 Å². The number of anilines is 1. The van der Waals surface area contributed by atoms with E-state index in [4.69, 9.17) is 0 Å². The van der Waals surface area contributed by atoms with E-state index in [9.17, 15) is 19.2 Å². The number of esters is 1. The molecule has 0 spiro atoms. The fourth-order valence-corrected chi connectivity index (χ4v) is 2.18. The van der Waals surface area contributed by atoms with E-state index in [1.807, 2.05) is 0 Å². The van der Waals surface area contributed by atoms with Gasteiger partial charge in [0.05, 0.1) is 24.8 Å². The maximum atomic E-state index is 12.1. The van der Waals surface area contributed by atoms with Gasteiger partial charge >= 0.3 is 5.97 Å². The minimum atomic E-state index is -1.03. The van der Waals surface area contributed by atoms with E-state index in [2.05, 4.69) is 20.7 Å². The van der Waals surface area contributed by atoms with E-state index in [0.717, 1.165) is 0 Å². The minimum Gasteiger partial charge on any atom is -0.467 e. The average molecular weight is 319 g/mol. The van der Waals surface area contributed by atoms with Crippen molar-refractivity contribution in [2.24, 2.45) is 0 Å². The highest BCUT2D eigenvalue weighted by Crippen LogP contribution is 2.18. The Labute approximate surface area is 132 Å².